The first kappa shape index (κ1) is 24.2. The lowest BCUT2D eigenvalue weighted by Crippen LogP contribution is -2.59. The fourth-order valence-corrected chi connectivity index (χ4v) is 5.62. The number of carbonyl (C=O) groups is 4. The Morgan fingerprint density at radius 2 is 1.91 bits per heavy atom. The number of hydrogen-bond acceptors (Lipinski definition) is 10. The molecule has 4 heterocycles. The van der Waals surface area contributed by atoms with E-state index in [4.69, 9.17) is 4.74 Å². The highest BCUT2D eigenvalue weighted by atomic mass is 32.1. The third-order valence-corrected chi connectivity index (χ3v) is 7.79. The highest BCUT2D eigenvalue weighted by Crippen LogP contribution is 2.27. The average molecular weight is 507 g/mol. The minimum absolute atomic E-state index is 0.231. The van der Waals surface area contributed by atoms with Crippen molar-refractivity contribution in [2.24, 2.45) is 0 Å². The topological polar surface area (TPSA) is 135 Å². The van der Waals surface area contributed by atoms with Gasteiger partial charge in [0, 0.05) is 24.5 Å². The second-order valence-electron chi connectivity index (χ2n) is 8.36. The summed E-state index contributed by atoms with van der Waals surface area (Å²) < 4.78 is 8.69. The molecule has 0 aromatic carbocycles. The Bertz CT molecular complexity index is 1100. The maximum Gasteiger partial charge on any atom is 0.328 e. The van der Waals surface area contributed by atoms with Gasteiger partial charge in [-0.2, -0.15) is 0 Å². The van der Waals surface area contributed by atoms with Crippen LogP contribution in [0.5, 0.6) is 0 Å². The van der Waals surface area contributed by atoms with E-state index in [2.05, 4.69) is 19.9 Å². The number of aryl methyl sites for hydroxylation is 2. The molecule has 0 saturated carbocycles. The Morgan fingerprint density at radius 3 is 2.56 bits per heavy atom. The van der Waals surface area contributed by atoms with Crippen molar-refractivity contribution in [2.45, 2.75) is 57.7 Å². The molecular formula is C21H26N6O5S2. The number of esters is 1. The molecule has 0 bridgehead atoms. The number of hydrogen-bond donors (Lipinski definition) is 1. The van der Waals surface area contributed by atoms with Crippen molar-refractivity contribution in [3.63, 3.8) is 0 Å². The molecule has 2 saturated heterocycles. The lowest BCUT2D eigenvalue weighted by molar-refractivity contribution is -0.153. The maximum atomic E-state index is 13.7. The quantitative estimate of drug-likeness (QED) is 0.598. The van der Waals surface area contributed by atoms with Crippen molar-refractivity contribution in [1.82, 2.24) is 29.7 Å². The van der Waals surface area contributed by atoms with Gasteiger partial charge in [0.2, 0.25) is 5.91 Å². The molecule has 0 radical (unpaired) electrons. The van der Waals surface area contributed by atoms with Gasteiger partial charge in [-0.15, -0.1) is 16.4 Å². The number of nitrogens with zero attached hydrogens (tertiary/aromatic N) is 5. The maximum absolute atomic E-state index is 13.7. The van der Waals surface area contributed by atoms with Gasteiger partial charge in [-0.25, -0.2) is 9.78 Å². The van der Waals surface area contributed by atoms with Crippen LogP contribution >= 0.6 is 22.9 Å². The molecule has 11 nitrogen and oxygen atoms in total. The molecule has 34 heavy (non-hydrogen) atoms. The van der Waals surface area contributed by atoms with E-state index in [0.29, 0.717) is 42.1 Å². The predicted molar refractivity (Wildman–Crippen MR) is 124 cm³/mol. The molecule has 0 aliphatic carbocycles. The van der Waals surface area contributed by atoms with Crippen molar-refractivity contribution in [1.29, 1.82) is 0 Å². The van der Waals surface area contributed by atoms with Crippen LogP contribution < -0.4 is 5.32 Å². The van der Waals surface area contributed by atoms with E-state index in [1.54, 1.807) is 12.3 Å². The van der Waals surface area contributed by atoms with Gasteiger partial charge in [0.05, 0.1) is 17.8 Å². The van der Waals surface area contributed by atoms with Crippen molar-refractivity contribution < 1.29 is 23.9 Å². The smallest absolute Gasteiger partial charge is 0.328 e. The molecule has 2 fully saturated rings. The number of rotatable bonds is 5. The van der Waals surface area contributed by atoms with Gasteiger partial charge in [0.15, 0.2) is 0 Å². The van der Waals surface area contributed by atoms with Crippen molar-refractivity contribution in [2.75, 3.05) is 20.2 Å². The van der Waals surface area contributed by atoms with Gasteiger partial charge in [-0.3, -0.25) is 14.4 Å². The minimum atomic E-state index is -0.834. The number of ether oxygens (including phenoxy) is 1. The first-order valence-electron chi connectivity index (χ1n) is 11.0. The number of methoxy groups -OCH3 is 1. The summed E-state index contributed by atoms with van der Waals surface area (Å²) >= 11 is 2.38. The molecule has 2 aliphatic rings. The molecule has 182 valence electrons. The standard InChI is InChI=1S/C21H26N6O5S2/c1-11-17(34-25-24-11)18(28)23-13-6-8-27(19(29)14-10-33-12(2)22-14)16(9-13)20(30)26-7-4-5-15(26)21(31)32-3/h10,13,15-16H,4-9H2,1-3H3,(H,23,28)/t13-,15+,16-/m0/s1. The summed E-state index contributed by atoms with van der Waals surface area (Å²) in [5.74, 6) is -1.41. The van der Waals surface area contributed by atoms with Gasteiger partial charge in [0.1, 0.15) is 22.7 Å². The fraction of sp³-hybridized carbons (Fsp3) is 0.571. The number of amides is 3. The Labute approximate surface area is 204 Å². The van der Waals surface area contributed by atoms with Gasteiger partial charge in [0.25, 0.3) is 11.8 Å². The van der Waals surface area contributed by atoms with E-state index in [1.807, 2.05) is 6.92 Å². The van der Waals surface area contributed by atoms with Crippen LogP contribution in [0.1, 0.15) is 56.5 Å². The Balaban J connectivity index is 1.57. The van der Waals surface area contributed by atoms with Crippen LogP contribution in [0.15, 0.2) is 5.38 Å². The molecule has 1 N–H and O–H groups in total. The van der Waals surface area contributed by atoms with Crippen LogP contribution in [0.2, 0.25) is 0 Å². The number of likely N-dealkylation sites (tertiary alicyclic amines) is 2. The van der Waals surface area contributed by atoms with Gasteiger partial charge < -0.3 is 19.9 Å². The third-order valence-electron chi connectivity index (χ3n) is 6.19. The lowest BCUT2D eigenvalue weighted by atomic mass is 9.95. The van der Waals surface area contributed by atoms with E-state index >= 15 is 0 Å². The molecule has 4 rings (SSSR count). The van der Waals surface area contributed by atoms with E-state index in [9.17, 15) is 19.2 Å². The second kappa shape index (κ2) is 10.1. The summed E-state index contributed by atoms with van der Waals surface area (Å²) in [6.45, 7) is 4.21. The molecule has 2 aliphatic heterocycles. The largest absolute Gasteiger partial charge is 0.467 e. The monoisotopic (exact) mass is 506 g/mol. The predicted octanol–water partition coefficient (Wildman–Crippen LogP) is 1.18. The van der Waals surface area contributed by atoms with E-state index in [1.165, 1.54) is 28.2 Å². The minimum Gasteiger partial charge on any atom is -0.467 e. The zero-order valence-corrected chi connectivity index (χ0v) is 20.8. The van der Waals surface area contributed by atoms with E-state index in [0.717, 1.165) is 16.5 Å². The third kappa shape index (κ3) is 4.80. The summed E-state index contributed by atoms with van der Waals surface area (Å²) in [5.41, 5.74) is 0.833. The van der Waals surface area contributed by atoms with Crippen LogP contribution in [-0.2, 0) is 14.3 Å². The van der Waals surface area contributed by atoms with E-state index < -0.39 is 18.1 Å². The van der Waals surface area contributed by atoms with Crippen LogP contribution in [-0.4, -0.2) is 86.4 Å². The van der Waals surface area contributed by atoms with Crippen LogP contribution in [0.3, 0.4) is 0 Å². The lowest BCUT2D eigenvalue weighted by Gasteiger charge is -2.40. The van der Waals surface area contributed by atoms with Gasteiger partial charge in [-0.05, 0) is 51.1 Å². The summed E-state index contributed by atoms with van der Waals surface area (Å²) in [7, 11) is 1.30. The first-order chi connectivity index (χ1) is 16.3. The summed E-state index contributed by atoms with van der Waals surface area (Å²) in [6, 6.07) is -1.83. The second-order valence-corrected chi connectivity index (χ2v) is 10.2. The number of thiazole rings is 1. The molecule has 3 amide bonds. The molecule has 0 spiro atoms. The number of carbonyl (C=O) groups excluding carboxylic acids is 4. The molecule has 0 unspecified atom stereocenters. The normalized spacial score (nSPS) is 22.5. The van der Waals surface area contributed by atoms with Crippen molar-refractivity contribution >= 4 is 46.6 Å². The highest BCUT2D eigenvalue weighted by Gasteiger charge is 2.44. The molecule has 2 aromatic heterocycles. The molecule has 3 atom stereocenters. The zero-order valence-electron chi connectivity index (χ0n) is 19.1. The number of nitrogens with one attached hydrogen (secondary N) is 1. The Morgan fingerprint density at radius 1 is 1.12 bits per heavy atom. The van der Waals surface area contributed by atoms with Crippen molar-refractivity contribution in [3.05, 3.63) is 26.7 Å². The van der Waals surface area contributed by atoms with Gasteiger partial charge in [-0.1, -0.05) is 4.49 Å². The fourth-order valence-electron chi connectivity index (χ4n) is 4.48. The number of aromatic nitrogens is 3. The molecular weight excluding hydrogens is 480 g/mol. The van der Waals surface area contributed by atoms with E-state index in [-0.39, 0.29) is 36.7 Å². The van der Waals surface area contributed by atoms with Gasteiger partial charge >= 0.3 is 5.97 Å². The van der Waals surface area contributed by atoms with Crippen LogP contribution in [0.4, 0.5) is 0 Å². The molecule has 13 heteroatoms. The Kier molecular flexibility index (Phi) is 7.22. The summed E-state index contributed by atoms with van der Waals surface area (Å²) in [5, 5.41) is 9.27. The average Bonchev–Trinajstić information content (AvgIpc) is 3.58. The van der Waals surface area contributed by atoms with Crippen LogP contribution in [0, 0.1) is 13.8 Å². The highest BCUT2D eigenvalue weighted by molar-refractivity contribution is 7.09. The van der Waals surface area contributed by atoms with Crippen LogP contribution in [0.25, 0.3) is 0 Å². The summed E-state index contributed by atoms with van der Waals surface area (Å²) in [4.78, 5) is 59.7. The first-order valence-corrected chi connectivity index (χ1v) is 12.7. The SMILES string of the molecule is COC(=O)[C@H]1CCCN1C(=O)[C@@H]1C[C@@H](NC(=O)c2snnc2C)CCN1C(=O)c1csc(C)n1. The molecule has 2 aromatic rings. The number of piperidine rings is 1. The summed E-state index contributed by atoms with van der Waals surface area (Å²) in [6.07, 6.45) is 1.91. The zero-order chi connectivity index (χ0) is 24.4. The van der Waals surface area contributed by atoms with Crippen molar-refractivity contribution in [3.8, 4) is 0 Å². The Hall–Kier alpha value is -2.93.